The van der Waals surface area contributed by atoms with E-state index in [0.29, 0.717) is 22.9 Å². The minimum atomic E-state index is -0.383. The molecule has 1 aliphatic heterocycles. The largest absolute Gasteiger partial charge is 0.360 e. The number of carbonyl (C=O) groups excluding carboxylic acids is 2. The first-order valence-electron chi connectivity index (χ1n) is 8.01. The average Bonchev–Trinajstić information content (AvgIpc) is 3.15. The van der Waals surface area contributed by atoms with Gasteiger partial charge in [0.25, 0.3) is 11.8 Å². The maximum absolute atomic E-state index is 12.4. The molecule has 0 radical (unpaired) electrons. The molecule has 4 heterocycles. The number of aryl methyl sites for hydroxylation is 1. The van der Waals surface area contributed by atoms with E-state index in [4.69, 9.17) is 4.52 Å². The van der Waals surface area contributed by atoms with Crippen molar-refractivity contribution >= 4 is 28.7 Å². The summed E-state index contributed by atoms with van der Waals surface area (Å²) in [6.07, 6.45) is 0. The number of hydrogen-bond donors (Lipinski definition) is 2. The van der Waals surface area contributed by atoms with Crippen LogP contribution in [0.3, 0.4) is 0 Å². The molecule has 0 bridgehead atoms. The molecule has 4 rings (SSSR count). The van der Waals surface area contributed by atoms with Crippen molar-refractivity contribution in [2.75, 3.05) is 5.32 Å². The van der Waals surface area contributed by atoms with Gasteiger partial charge in [-0.1, -0.05) is 5.16 Å². The highest BCUT2D eigenvalue weighted by Crippen LogP contribution is 2.28. The van der Waals surface area contributed by atoms with Crippen LogP contribution in [0.15, 0.2) is 28.8 Å². The maximum Gasteiger partial charge on any atom is 0.275 e. The first-order chi connectivity index (χ1) is 11.9. The van der Waals surface area contributed by atoms with E-state index in [-0.39, 0.29) is 29.6 Å². The van der Waals surface area contributed by atoms with Crippen molar-refractivity contribution in [2.24, 2.45) is 0 Å². The number of rotatable bonds is 2. The van der Waals surface area contributed by atoms with Crippen LogP contribution in [0, 0.1) is 6.92 Å². The molecule has 0 spiro atoms. The number of pyridine rings is 1. The third-order valence-corrected chi connectivity index (χ3v) is 4.51. The quantitative estimate of drug-likeness (QED) is 0.746. The lowest BCUT2D eigenvalue weighted by molar-refractivity contribution is 0.0891. The zero-order valence-corrected chi connectivity index (χ0v) is 14.0. The molecule has 8 heteroatoms. The number of nitrogens with one attached hydrogen (secondary N) is 2. The fourth-order valence-corrected chi connectivity index (χ4v) is 3.04. The van der Waals surface area contributed by atoms with Crippen LogP contribution in [0.2, 0.25) is 0 Å². The lowest BCUT2D eigenvalue weighted by Crippen LogP contribution is -2.44. The summed E-state index contributed by atoms with van der Waals surface area (Å²) in [5.41, 5.74) is 1.42. The van der Waals surface area contributed by atoms with Crippen LogP contribution in [0.4, 0.5) is 5.82 Å². The van der Waals surface area contributed by atoms with Crippen LogP contribution >= 0.6 is 0 Å². The second-order valence-electron chi connectivity index (χ2n) is 6.29. The van der Waals surface area contributed by atoms with Crippen molar-refractivity contribution in [1.82, 2.24) is 20.0 Å². The number of anilines is 1. The molecule has 0 unspecified atom stereocenters. The summed E-state index contributed by atoms with van der Waals surface area (Å²) in [4.78, 5) is 29.1. The summed E-state index contributed by atoms with van der Waals surface area (Å²) in [5.74, 6) is 0.426. The fourth-order valence-electron chi connectivity index (χ4n) is 3.04. The minimum Gasteiger partial charge on any atom is -0.360 e. The number of amides is 2. The van der Waals surface area contributed by atoms with Crippen LogP contribution in [0.1, 0.15) is 46.6 Å². The van der Waals surface area contributed by atoms with E-state index in [9.17, 15) is 9.59 Å². The summed E-state index contributed by atoms with van der Waals surface area (Å²) < 4.78 is 6.82. The van der Waals surface area contributed by atoms with Crippen LogP contribution in [-0.4, -0.2) is 32.6 Å². The van der Waals surface area contributed by atoms with E-state index in [1.54, 1.807) is 31.2 Å². The smallest absolute Gasteiger partial charge is 0.275 e. The summed E-state index contributed by atoms with van der Waals surface area (Å²) in [5, 5.41) is 10.1. The highest BCUT2D eigenvalue weighted by Gasteiger charge is 2.30. The van der Waals surface area contributed by atoms with E-state index < -0.39 is 0 Å². The molecule has 8 nitrogen and oxygen atoms in total. The Kier molecular flexibility index (Phi) is 3.34. The molecule has 3 aromatic heterocycles. The van der Waals surface area contributed by atoms with E-state index >= 15 is 0 Å². The van der Waals surface area contributed by atoms with Crippen molar-refractivity contribution < 1.29 is 14.1 Å². The molecule has 0 saturated carbocycles. The fraction of sp³-hybridized carbons (Fsp3) is 0.294. The van der Waals surface area contributed by atoms with Gasteiger partial charge in [0.05, 0.1) is 6.04 Å². The molecule has 0 saturated heterocycles. The molecule has 0 aliphatic carbocycles. The van der Waals surface area contributed by atoms with Crippen molar-refractivity contribution in [3.05, 3.63) is 41.4 Å². The Labute approximate surface area is 143 Å². The molecule has 1 aliphatic rings. The predicted molar refractivity (Wildman–Crippen MR) is 90.6 cm³/mol. The predicted octanol–water partition coefficient (Wildman–Crippen LogP) is 2.28. The zero-order chi connectivity index (χ0) is 17.7. The van der Waals surface area contributed by atoms with Crippen molar-refractivity contribution in [3.8, 4) is 0 Å². The summed E-state index contributed by atoms with van der Waals surface area (Å²) in [6, 6.07) is 6.86. The third-order valence-electron chi connectivity index (χ3n) is 4.51. The van der Waals surface area contributed by atoms with Gasteiger partial charge in [0.1, 0.15) is 22.8 Å². The molecule has 2 N–H and O–H groups in total. The number of nitrogens with zero attached hydrogens (tertiary/aromatic N) is 3. The zero-order valence-electron chi connectivity index (χ0n) is 14.0. The molecule has 0 fully saturated rings. The molecule has 2 atom stereocenters. The highest BCUT2D eigenvalue weighted by atomic mass is 16.5. The van der Waals surface area contributed by atoms with Gasteiger partial charge in [0, 0.05) is 17.5 Å². The van der Waals surface area contributed by atoms with Crippen molar-refractivity contribution in [1.29, 1.82) is 0 Å². The Bertz CT molecular complexity index is 1000. The Morgan fingerprint density at radius 2 is 2.12 bits per heavy atom. The van der Waals surface area contributed by atoms with Crippen molar-refractivity contribution in [2.45, 2.75) is 32.9 Å². The number of fused-ring (bicyclic) bond motifs is 3. The third kappa shape index (κ3) is 2.46. The normalized spacial score (nSPS) is 19.6. The minimum absolute atomic E-state index is 0.0204. The SMILES string of the molecule is Cc1cc(NC(=O)c2ccc3cc4n(c3n2)[C@H](C)[C@H](C)NC4=O)no1. The van der Waals surface area contributed by atoms with Crippen molar-refractivity contribution in [3.63, 3.8) is 0 Å². The summed E-state index contributed by atoms with van der Waals surface area (Å²) in [7, 11) is 0. The van der Waals surface area contributed by atoms with Gasteiger partial charge in [-0.25, -0.2) is 4.98 Å². The maximum atomic E-state index is 12.4. The number of carbonyl (C=O) groups is 2. The Hall–Kier alpha value is -3.16. The van der Waals surface area contributed by atoms with Gasteiger partial charge in [-0.2, -0.15) is 0 Å². The van der Waals surface area contributed by atoms with Crippen LogP contribution < -0.4 is 10.6 Å². The number of hydrogen-bond acceptors (Lipinski definition) is 5. The average molecular weight is 339 g/mol. The van der Waals surface area contributed by atoms with Gasteiger partial charge in [-0.05, 0) is 39.0 Å². The highest BCUT2D eigenvalue weighted by molar-refractivity contribution is 6.04. The Morgan fingerprint density at radius 1 is 1.32 bits per heavy atom. The molecule has 2 amide bonds. The molecule has 128 valence electrons. The van der Waals surface area contributed by atoms with E-state index in [2.05, 4.69) is 20.8 Å². The molecular formula is C17H17N5O3. The Morgan fingerprint density at radius 3 is 2.84 bits per heavy atom. The van der Waals surface area contributed by atoms with Gasteiger partial charge in [0.2, 0.25) is 0 Å². The second-order valence-corrected chi connectivity index (χ2v) is 6.29. The van der Waals surface area contributed by atoms with Crippen LogP contribution in [0.25, 0.3) is 11.0 Å². The van der Waals surface area contributed by atoms with Gasteiger partial charge in [-0.3, -0.25) is 9.59 Å². The van der Waals surface area contributed by atoms with E-state index in [1.807, 2.05) is 18.4 Å². The molecule has 0 aromatic carbocycles. The molecular weight excluding hydrogens is 322 g/mol. The monoisotopic (exact) mass is 339 g/mol. The van der Waals surface area contributed by atoms with Crippen LogP contribution in [-0.2, 0) is 0 Å². The van der Waals surface area contributed by atoms with Gasteiger partial charge >= 0.3 is 0 Å². The van der Waals surface area contributed by atoms with E-state index in [0.717, 1.165) is 5.39 Å². The molecule has 3 aromatic rings. The number of aromatic nitrogens is 3. The van der Waals surface area contributed by atoms with Gasteiger partial charge < -0.3 is 19.7 Å². The lowest BCUT2D eigenvalue weighted by atomic mass is 10.1. The van der Waals surface area contributed by atoms with Gasteiger partial charge in [0.15, 0.2) is 5.82 Å². The Balaban J connectivity index is 1.75. The van der Waals surface area contributed by atoms with Crippen LogP contribution in [0.5, 0.6) is 0 Å². The van der Waals surface area contributed by atoms with Gasteiger partial charge in [-0.15, -0.1) is 0 Å². The first-order valence-corrected chi connectivity index (χ1v) is 8.01. The second kappa shape index (κ2) is 5.44. The van der Waals surface area contributed by atoms with E-state index in [1.165, 1.54) is 0 Å². The summed E-state index contributed by atoms with van der Waals surface area (Å²) in [6.45, 7) is 5.70. The molecule has 25 heavy (non-hydrogen) atoms. The topological polar surface area (TPSA) is 102 Å². The summed E-state index contributed by atoms with van der Waals surface area (Å²) >= 11 is 0. The first kappa shape index (κ1) is 15.4. The standard InChI is InChI=1S/C17H17N5O3/c1-8-6-14(21-25-8)20-16(23)12-5-4-11-7-13-17(24)18-9(2)10(3)22(13)15(11)19-12/h4-7,9-10H,1-3H3,(H,18,24)(H,20,21,23)/t9-,10+/m0/s1. The lowest BCUT2D eigenvalue weighted by Gasteiger charge is -2.29.